The Kier molecular flexibility index (Phi) is 5.51. The van der Waals surface area contributed by atoms with Gasteiger partial charge in [-0.15, -0.1) is 0 Å². The quantitative estimate of drug-likeness (QED) is 0.637. The SMILES string of the molecule is CCC(N)CCC(N)C(C)C. The number of nitrogens with two attached hydrogens (primary N) is 2. The van der Waals surface area contributed by atoms with Gasteiger partial charge in [0.15, 0.2) is 0 Å². The lowest BCUT2D eigenvalue weighted by molar-refractivity contribution is 0.426. The number of hydrogen-bond acceptors (Lipinski definition) is 2. The molecule has 2 nitrogen and oxygen atoms in total. The maximum Gasteiger partial charge on any atom is 0.00624 e. The molecule has 0 amide bonds. The van der Waals surface area contributed by atoms with Gasteiger partial charge < -0.3 is 11.5 Å². The summed E-state index contributed by atoms with van der Waals surface area (Å²) in [7, 11) is 0. The van der Waals surface area contributed by atoms with E-state index in [0.717, 1.165) is 19.3 Å². The maximum absolute atomic E-state index is 5.86. The van der Waals surface area contributed by atoms with E-state index in [1.54, 1.807) is 0 Å². The Balaban J connectivity index is 3.37. The van der Waals surface area contributed by atoms with Gasteiger partial charge in [0.1, 0.15) is 0 Å². The van der Waals surface area contributed by atoms with Crippen LogP contribution >= 0.6 is 0 Å². The molecule has 2 unspecified atom stereocenters. The molecule has 68 valence electrons. The molecular formula is C9H22N2. The zero-order chi connectivity index (χ0) is 8.85. The Morgan fingerprint density at radius 2 is 1.64 bits per heavy atom. The van der Waals surface area contributed by atoms with Crippen molar-refractivity contribution in [1.82, 2.24) is 0 Å². The third kappa shape index (κ3) is 5.22. The molecule has 11 heavy (non-hydrogen) atoms. The van der Waals surface area contributed by atoms with E-state index in [0.29, 0.717) is 18.0 Å². The number of rotatable bonds is 5. The molecule has 0 bridgehead atoms. The van der Waals surface area contributed by atoms with Crippen LogP contribution in [0.25, 0.3) is 0 Å². The van der Waals surface area contributed by atoms with Crippen LogP contribution in [0.2, 0.25) is 0 Å². The Morgan fingerprint density at radius 3 is 2.00 bits per heavy atom. The van der Waals surface area contributed by atoms with Crippen LogP contribution in [-0.4, -0.2) is 12.1 Å². The third-order valence-corrected chi connectivity index (χ3v) is 2.25. The normalized spacial score (nSPS) is 16.9. The Bertz CT molecular complexity index is 91.6. The summed E-state index contributed by atoms with van der Waals surface area (Å²) in [6.07, 6.45) is 3.19. The van der Waals surface area contributed by atoms with Gasteiger partial charge in [-0.05, 0) is 25.2 Å². The third-order valence-electron chi connectivity index (χ3n) is 2.25. The van der Waals surface area contributed by atoms with E-state index in [2.05, 4.69) is 20.8 Å². The van der Waals surface area contributed by atoms with Crippen LogP contribution in [-0.2, 0) is 0 Å². The first-order valence-electron chi connectivity index (χ1n) is 4.59. The van der Waals surface area contributed by atoms with E-state index >= 15 is 0 Å². The fraction of sp³-hybridized carbons (Fsp3) is 1.00. The van der Waals surface area contributed by atoms with Gasteiger partial charge in [-0.1, -0.05) is 20.8 Å². The molecule has 0 aliphatic heterocycles. The molecule has 0 rings (SSSR count). The Labute approximate surface area is 70.3 Å². The highest BCUT2D eigenvalue weighted by Gasteiger charge is 2.08. The lowest BCUT2D eigenvalue weighted by Gasteiger charge is -2.17. The second-order valence-corrected chi connectivity index (χ2v) is 3.65. The van der Waals surface area contributed by atoms with E-state index in [-0.39, 0.29) is 0 Å². The number of hydrogen-bond donors (Lipinski definition) is 2. The van der Waals surface area contributed by atoms with Crippen LogP contribution in [0, 0.1) is 5.92 Å². The van der Waals surface area contributed by atoms with Crippen molar-refractivity contribution in [2.24, 2.45) is 17.4 Å². The first kappa shape index (κ1) is 10.9. The van der Waals surface area contributed by atoms with Gasteiger partial charge in [-0.2, -0.15) is 0 Å². The van der Waals surface area contributed by atoms with Gasteiger partial charge in [0, 0.05) is 12.1 Å². The van der Waals surface area contributed by atoms with E-state index in [4.69, 9.17) is 11.5 Å². The average Bonchev–Trinajstić information content (AvgIpc) is 1.99. The monoisotopic (exact) mass is 158 g/mol. The Hall–Kier alpha value is -0.0800. The maximum atomic E-state index is 5.86. The summed E-state index contributed by atoms with van der Waals surface area (Å²) in [5, 5.41) is 0. The molecule has 0 aromatic heterocycles. The van der Waals surface area contributed by atoms with Crippen molar-refractivity contribution < 1.29 is 0 Å². The highest BCUT2D eigenvalue weighted by Crippen LogP contribution is 2.07. The molecule has 0 fully saturated rings. The molecule has 0 spiro atoms. The summed E-state index contributed by atoms with van der Waals surface area (Å²) in [6, 6.07) is 0.674. The van der Waals surface area contributed by atoms with Crippen LogP contribution < -0.4 is 11.5 Å². The van der Waals surface area contributed by atoms with Gasteiger partial charge in [-0.25, -0.2) is 0 Å². The molecule has 0 radical (unpaired) electrons. The van der Waals surface area contributed by atoms with Gasteiger partial charge in [-0.3, -0.25) is 0 Å². The first-order chi connectivity index (χ1) is 5.07. The van der Waals surface area contributed by atoms with Crippen molar-refractivity contribution in [3.8, 4) is 0 Å². The van der Waals surface area contributed by atoms with Crippen LogP contribution in [0.5, 0.6) is 0 Å². The standard InChI is InChI=1S/C9H22N2/c1-4-8(10)5-6-9(11)7(2)3/h7-9H,4-6,10-11H2,1-3H3. The molecule has 0 saturated heterocycles. The summed E-state index contributed by atoms with van der Waals surface area (Å²) in [6.45, 7) is 6.43. The summed E-state index contributed by atoms with van der Waals surface area (Å²) in [5.41, 5.74) is 11.6. The van der Waals surface area contributed by atoms with Crippen LogP contribution in [0.4, 0.5) is 0 Å². The summed E-state index contributed by atoms with van der Waals surface area (Å²) < 4.78 is 0. The first-order valence-corrected chi connectivity index (χ1v) is 4.59. The molecule has 0 aliphatic carbocycles. The molecule has 0 saturated carbocycles. The largest absolute Gasteiger partial charge is 0.328 e. The van der Waals surface area contributed by atoms with Crippen molar-refractivity contribution in [3.63, 3.8) is 0 Å². The summed E-state index contributed by atoms with van der Waals surface area (Å²) in [5.74, 6) is 0.582. The fourth-order valence-electron chi connectivity index (χ4n) is 0.944. The second-order valence-electron chi connectivity index (χ2n) is 3.65. The summed E-state index contributed by atoms with van der Waals surface area (Å²) >= 11 is 0. The lowest BCUT2D eigenvalue weighted by atomic mass is 9.97. The second kappa shape index (κ2) is 5.56. The van der Waals surface area contributed by atoms with Gasteiger partial charge >= 0.3 is 0 Å². The van der Waals surface area contributed by atoms with Gasteiger partial charge in [0.05, 0.1) is 0 Å². The van der Waals surface area contributed by atoms with Gasteiger partial charge in [0.2, 0.25) is 0 Å². The zero-order valence-corrected chi connectivity index (χ0v) is 8.01. The smallest absolute Gasteiger partial charge is 0.00624 e. The fourth-order valence-corrected chi connectivity index (χ4v) is 0.944. The Morgan fingerprint density at radius 1 is 1.09 bits per heavy atom. The topological polar surface area (TPSA) is 52.0 Å². The lowest BCUT2D eigenvalue weighted by Crippen LogP contribution is -2.29. The summed E-state index contributed by atoms with van der Waals surface area (Å²) in [4.78, 5) is 0. The van der Waals surface area contributed by atoms with E-state index in [9.17, 15) is 0 Å². The predicted octanol–water partition coefficient (Wildman–Crippen LogP) is 1.49. The molecule has 0 heterocycles. The van der Waals surface area contributed by atoms with Crippen LogP contribution in [0.3, 0.4) is 0 Å². The average molecular weight is 158 g/mol. The highest BCUT2D eigenvalue weighted by molar-refractivity contribution is 4.68. The van der Waals surface area contributed by atoms with Crippen molar-refractivity contribution in [2.45, 2.75) is 52.1 Å². The van der Waals surface area contributed by atoms with Crippen LogP contribution in [0.15, 0.2) is 0 Å². The molecule has 0 aliphatic rings. The van der Waals surface area contributed by atoms with Crippen LogP contribution in [0.1, 0.15) is 40.0 Å². The van der Waals surface area contributed by atoms with Crippen molar-refractivity contribution in [3.05, 3.63) is 0 Å². The van der Waals surface area contributed by atoms with Crippen molar-refractivity contribution >= 4 is 0 Å². The molecule has 2 heteroatoms. The minimum atomic E-state index is 0.326. The molecule has 4 N–H and O–H groups in total. The predicted molar refractivity (Wildman–Crippen MR) is 50.3 cm³/mol. The molecular weight excluding hydrogens is 136 g/mol. The molecule has 0 aromatic rings. The zero-order valence-electron chi connectivity index (χ0n) is 8.01. The van der Waals surface area contributed by atoms with Crippen molar-refractivity contribution in [2.75, 3.05) is 0 Å². The minimum Gasteiger partial charge on any atom is -0.328 e. The highest BCUT2D eigenvalue weighted by atomic mass is 14.7. The minimum absolute atomic E-state index is 0.326. The van der Waals surface area contributed by atoms with E-state index in [1.807, 2.05) is 0 Å². The van der Waals surface area contributed by atoms with E-state index < -0.39 is 0 Å². The molecule has 2 atom stereocenters. The van der Waals surface area contributed by atoms with Crippen molar-refractivity contribution in [1.29, 1.82) is 0 Å². The van der Waals surface area contributed by atoms with Gasteiger partial charge in [0.25, 0.3) is 0 Å². The van der Waals surface area contributed by atoms with E-state index in [1.165, 1.54) is 0 Å². The molecule has 0 aromatic carbocycles.